The van der Waals surface area contributed by atoms with Crippen LogP contribution in [-0.4, -0.2) is 32.5 Å². The van der Waals surface area contributed by atoms with Gasteiger partial charge >= 0.3 is 5.97 Å². The van der Waals surface area contributed by atoms with Crippen molar-refractivity contribution in [3.8, 4) is 0 Å². The molecule has 0 bridgehead atoms. The second-order valence-corrected chi connectivity index (χ2v) is 7.34. The van der Waals surface area contributed by atoms with Crippen molar-refractivity contribution in [3.05, 3.63) is 11.2 Å². The van der Waals surface area contributed by atoms with E-state index >= 15 is 0 Å². The number of esters is 1. The molecule has 0 aromatic carbocycles. The quantitative estimate of drug-likeness (QED) is 0.831. The molecule has 106 valence electrons. The van der Waals surface area contributed by atoms with Crippen LogP contribution in [0.3, 0.4) is 0 Å². The molecule has 1 fully saturated rings. The van der Waals surface area contributed by atoms with E-state index in [-0.39, 0.29) is 15.9 Å². The number of sulfonamides is 1. The van der Waals surface area contributed by atoms with Gasteiger partial charge in [-0.05, 0) is 25.7 Å². The molecule has 1 saturated carbocycles. The third-order valence-corrected chi connectivity index (χ3v) is 6.28. The Labute approximate surface area is 116 Å². The van der Waals surface area contributed by atoms with E-state index in [2.05, 4.69) is 14.4 Å². The number of thiazole rings is 1. The summed E-state index contributed by atoms with van der Waals surface area (Å²) in [5.74, 6) is -0.359. The molecule has 1 aliphatic carbocycles. The lowest BCUT2D eigenvalue weighted by atomic mass is 9.81. The van der Waals surface area contributed by atoms with Gasteiger partial charge < -0.3 is 4.74 Å². The molecule has 1 aromatic rings. The maximum Gasteiger partial charge on any atom is 0.358 e. The van der Waals surface area contributed by atoms with E-state index in [0.717, 1.165) is 30.6 Å². The van der Waals surface area contributed by atoms with Crippen LogP contribution in [0.4, 0.5) is 0 Å². The van der Waals surface area contributed by atoms with Gasteiger partial charge in [0, 0.05) is 6.04 Å². The molecule has 1 aromatic heterocycles. The third-order valence-electron chi connectivity index (χ3n) is 3.36. The first-order chi connectivity index (χ1) is 8.95. The van der Waals surface area contributed by atoms with Gasteiger partial charge in [0.2, 0.25) is 0 Å². The van der Waals surface area contributed by atoms with Crippen molar-refractivity contribution in [2.24, 2.45) is 5.92 Å². The van der Waals surface area contributed by atoms with Crippen molar-refractivity contribution in [2.45, 2.75) is 36.4 Å². The van der Waals surface area contributed by atoms with Gasteiger partial charge in [-0.25, -0.2) is 22.9 Å². The lowest BCUT2D eigenvalue weighted by Gasteiger charge is -2.31. The van der Waals surface area contributed by atoms with E-state index in [1.54, 1.807) is 0 Å². The van der Waals surface area contributed by atoms with Crippen LogP contribution < -0.4 is 4.72 Å². The SMILES string of the molecule is COC(=O)c1ncsc1S(=O)(=O)NC(C)C1CCC1. The standard InChI is InChI=1S/C11H16N2O4S2/c1-7(8-4-3-5-8)13-19(15,16)11-9(10(14)17-2)12-6-18-11/h6-8,13H,3-5H2,1-2H3. The van der Waals surface area contributed by atoms with Crippen LogP contribution in [0.15, 0.2) is 9.72 Å². The van der Waals surface area contributed by atoms with Gasteiger partial charge in [-0.15, -0.1) is 11.3 Å². The Kier molecular flexibility index (Phi) is 4.22. The van der Waals surface area contributed by atoms with Crippen molar-refractivity contribution in [1.29, 1.82) is 0 Å². The largest absolute Gasteiger partial charge is 0.464 e. The Balaban J connectivity index is 2.19. The van der Waals surface area contributed by atoms with Crippen LogP contribution in [0.5, 0.6) is 0 Å². The summed E-state index contributed by atoms with van der Waals surface area (Å²) in [5, 5.41) is 0. The van der Waals surface area contributed by atoms with Crippen LogP contribution in [0, 0.1) is 5.92 Å². The molecule has 8 heteroatoms. The van der Waals surface area contributed by atoms with E-state index in [4.69, 9.17) is 0 Å². The van der Waals surface area contributed by atoms with E-state index in [1.165, 1.54) is 12.6 Å². The van der Waals surface area contributed by atoms with E-state index < -0.39 is 16.0 Å². The number of nitrogens with zero attached hydrogens (tertiary/aromatic N) is 1. The number of carbonyl (C=O) groups is 1. The molecule has 2 rings (SSSR count). The Hall–Kier alpha value is -0.990. The summed E-state index contributed by atoms with van der Waals surface area (Å²) < 4.78 is 31.5. The average molecular weight is 304 g/mol. The summed E-state index contributed by atoms with van der Waals surface area (Å²) >= 11 is 0.917. The summed E-state index contributed by atoms with van der Waals surface area (Å²) in [6.45, 7) is 1.85. The molecule has 19 heavy (non-hydrogen) atoms. The van der Waals surface area contributed by atoms with Crippen LogP contribution in [0.2, 0.25) is 0 Å². The van der Waals surface area contributed by atoms with Crippen LogP contribution in [0.1, 0.15) is 36.7 Å². The first kappa shape index (κ1) is 14.4. The zero-order chi connectivity index (χ0) is 14.0. The van der Waals surface area contributed by atoms with Crippen LogP contribution >= 0.6 is 11.3 Å². The Bertz CT molecular complexity index is 563. The predicted octanol–water partition coefficient (Wildman–Crippen LogP) is 1.40. The lowest BCUT2D eigenvalue weighted by molar-refractivity contribution is 0.0590. The number of rotatable bonds is 5. The number of nitrogens with one attached hydrogen (secondary N) is 1. The normalized spacial score (nSPS) is 17.8. The highest BCUT2D eigenvalue weighted by atomic mass is 32.2. The molecule has 1 atom stereocenters. The van der Waals surface area contributed by atoms with Crippen molar-refractivity contribution >= 4 is 27.3 Å². The highest BCUT2D eigenvalue weighted by molar-refractivity contribution is 7.91. The first-order valence-corrected chi connectivity index (χ1v) is 8.36. The fourth-order valence-corrected chi connectivity index (χ4v) is 4.45. The zero-order valence-electron chi connectivity index (χ0n) is 10.8. The average Bonchev–Trinajstić information content (AvgIpc) is 2.74. The summed E-state index contributed by atoms with van der Waals surface area (Å²) in [5.41, 5.74) is 1.18. The van der Waals surface area contributed by atoms with Gasteiger partial charge in [-0.3, -0.25) is 0 Å². The van der Waals surface area contributed by atoms with E-state index in [0.29, 0.717) is 5.92 Å². The molecule has 0 saturated heterocycles. The minimum Gasteiger partial charge on any atom is -0.464 e. The highest BCUT2D eigenvalue weighted by Gasteiger charge is 2.31. The molecule has 1 heterocycles. The summed E-state index contributed by atoms with van der Waals surface area (Å²) in [7, 11) is -2.52. The molecule has 0 aliphatic heterocycles. The van der Waals surface area contributed by atoms with Crippen LogP contribution in [0.25, 0.3) is 0 Å². The number of aromatic nitrogens is 1. The second-order valence-electron chi connectivity index (χ2n) is 4.58. The topological polar surface area (TPSA) is 85.4 Å². The minimum absolute atomic E-state index is 0.0782. The van der Waals surface area contributed by atoms with Crippen LogP contribution in [-0.2, 0) is 14.8 Å². The number of hydrogen-bond acceptors (Lipinski definition) is 6. The minimum atomic E-state index is -3.72. The van der Waals surface area contributed by atoms with Gasteiger partial charge in [-0.2, -0.15) is 0 Å². The van der Waals surface area contributed by atoms with Crippen molar-refractivity contribution in [1.82, 2.24) is 9.71 Å². The highest BCUT2D eigenvalue weighted by Crippen LogP contribution is 2.30. The fraction of sp³-hybridized carbons (Fsp3) is 0.636. The van der Waals surface area contributed by atoms with Gasteiger partial charge in [0.1, 0.15) is 0 Å². The van der Waals surface area contributed by atoms with Gasteiger partial charge in [-0.1, -0.05) is 6.42 Å². The van der Waals surface area contributed by atoms with Crippen molar-refractivity contribution in [2.75, 3.05) is 7.11 Å². The Morgan fingerprint density at radius 1 is 1.58 bits per heavy atom. The Morgan fingerprint density at radius 3 is 2.79 bits per heavy atom. The maximum absolute atomic E-state index is 12.2. The number of carbonyl (C=O) groups excluding carboxylic acids is 1. The Morgan fingerprint density at radius 2 is 2.26 bits per heavy atom. The predicted molar refractivity (Wildman–Crippen MR) is 70.6 cm³/mol. The van der Waals surface area contributed by atoms with Gasteiger partial charge in [0.05, 0.1) is 12.6 Å². The second kappa shape index (κ2) is 5.56. The number of hydrogen-bond donors (Lipinski definition) is 1. The number of ether oxygens (including phenoxy) is 1. The molecule has 1 N–H and O–H groups in total. The maximum atomic E-state index is 12.2. The molecule has 0 amide bonds. The molecule has 0 spiro atoms. The zero-order valence-corrected chi connectivity index (χ0v) is 12.4. The molecule has 0 radical (unpaired) electrons. The molecule has 6 nitrogen and oxygen atoms in total. The number of methoxy groups -OCH3 is 1. The smallest absolute Gasteiger partial charge is 0.358 e. The molecular weight excluding hydrogens is 288 g/mol. The van der Waals surface area contributed by atoms with Gasteiger partial charge in [0.15, 0.2) is 9.90 Å². The van der Waals surface area contributed by atoms with Crippen molar-refractivity contribution < 1.29 is 17.9 Å². The lowest BCUT2D eigenvalue weighted by Crippen LogP contribution is -2.40. The molecule has 1 aliphatic rings. The molecule has 1 unspecified atom stereocenters. The summed E-state index contributed by atoms with van der Waals surface area (Å²) in [6.07, 6.45) is 3.22. The monoisotopic (exact) mass is 304 g/mol. The van der Waals surface area contributed by atoms with E-state index in [1.807, 2.05) is 6.92 Å². The fourth-order valence-electron chi connectivity index (χ4n) is 1.99. The summed E-state index contributed by atoms with van der Waals surface area (Å²) in [6, 6.07) is -0.133. The molecular formula is C11H16N2O4S2. The van der Waals surface area contributed by atoms with E-state index in [9.17, 15) is 13.2 Å². The third kappa shape index (κ3) is 2.96. The van der Waals surface area contributed by atoms with Gasteiger partial charge in [0.25, 0.3) is 10.0 Å². The van der Waals surface area contributed by atoms with Crippen molar-refractivity contribution in [3.63, 3.8) is 0 Å². The first-order valence-electron chi connectivity index (χ1n) is 6.00. The summed E-state index contributed by atoms with van der Waals surface area (Å²) in [4.78, 5) is 15.2.